The fourth-order valence-electron chi connectivity index (χ4n) is 3.18. The highest BCUT2D eigenvalue weighted by molar-refractivity contribution is 6.04. The molecule has 0 radical (unpaired) electrons. The van der Waals surface area contributed by atoms with Crippen LogP contribution in [0.5, 0.6) is 17.2 Å². The summed E-state index contributed by atoms with van der Waals surface area (Å²) < 4.78 is 16.7. The largest absolute Gasteiger partial charge is 0.496 e. The van der Waals surface area contributed by atoms with Gasteiger partial charge in [-0.2, -0.15) is 0 Å². The average Bonchev–Trinajstić information content (AvgIpc) is 2.71. The molecule has 3 aromatic carbocycles. The Balaban J connectivity index is 1.79. The first-order chi connectivity index (χ1) is 14.0. The first-order valence-electron chi connectivity index (χ1n) is 9.32. The summed E-state index contributed by atoms with van der Waals surface area (Å²) in [5.74, 6) is 1.75. The zero-order chi connectivity index (χ0) is 20.8. The van der Waals surface area contributed by atoms with E-state index in [9.17, 15) is 4.79 Å². The number of para-hydroxylation sites is 2. The fourth-order valence-corrected chi connectivity index (χ4v) is 3.18. The van der Waals surface area contributed by atoms with E-state index in [0.717, 1.165) is 22.4 Å². The topological polar surface area (TPSA) is 56.8 Å². The smallest absolute Gasteiger partial charge is 0.255 e. The van der Waals surface area contributed by atoms with Crippen molar-refractivity contribution in [1.82, 2.24) is 0 Å². The van der Waals surface area contributed by atoms with Gasteiger partial charge in [-0.15, -0.1) is 0 Å². The summed E-state index contributed by atoms with van der Waals surface area (Å²) in [5.41, 5.74) is 4.27. The number of carbonyl (C=O) groups is 1. The number of hydrogen-bond acceptors (Lipinski definition) is 4. The molecule has 0 bridgehead atoms. The van der Waals surface area contributed by atoms with Crippen molar-refractivity contribution in [2.75, 3.05) is 19.5 Å². The first-order valence-corrected chi connectivity index (χ1v) is 9.32. The van der Waals surface area contributed by atoms with E-state index in [-0.39, 0.29) is 12.5 Å². The summed E-state index contributed by atoms with van der Waals surface area (Å²) in [6.45, 7) is 4.25. The Morgan fingerprint density at radius 3 is 2.14 bits per heavy atom. The van der Waals surface area contributed by atoms with Crippen LogP contribution in [0.3, 0.4) is 0 Å². The summed E-state index contributed by atoms with van der Waals surface area (Å²) in [6, 6.07) is 18.7. The van der Waals surface area contributed by atoms with Crippen LogP contribution in [0.1, 0.15) is 27.0 Å². The van der Waals surface area contributed by atoms with E-state index < -0.39 is 0 Å². The van der Waals surface area contributed by atoms with E-state index in [2.05, 4.69) is 11.4 Å². The Bertz CT molecular complexity index is 993. The van der Waals surface area contributed by atoms with Gasteiger partial charge in [0.25, 0.3) is 5.91 Å². The van der Waals surface area contributed by atoms with Gasteiger partial charge >= 0.3 is 0 Å². The van der Waals surface area contributed by atoms with Crippen LogP contribution in [0, 0.1) is 13.8 Å². The molecule has 1 N–H and O–H groups in total. The minimum absolute atomic E-state index is 0.184. The minimum atomic E-state index is -0.184. The molecule has 5 heteroatoms. The molecule has 0 unspecified atom stereocenters. The molecule has 0 atom stereocenters. The second kappa shape index (κ2) is 9.15. The van der Waals surface area contributed by atoms with Crippen LogP contribution in [0.15, 0.2) is 60.7 Å². The quantitative estimate of drug-likeness (QED) is 0.605. The van der Waals surface area contributed by atoms with Crippen LogP contribution in [-0.4, -0.2) is 20.1 Å². The van der Waals surface area contributed by atoms with Gasteiger partial charge in [0.2, 0.25) is 0 Å². The molecule has 150 valence electrons. The van der Waals surface area contributed by atoms with Gasteiger partial charge in [0.15, 0.2) is 11.5 Å². The normalized spacial score (nSPS) is 10.3. The third kappa shape index (κ3) is 5.08. The van der Waals surface area contributed by atoms with E-state index >= 15 is 0 Å². The van der Waals surface area contributed by atoms with Gasteiger partial charge in [-0.25, -0.2) is 0 Å². The van der Waals surface area contributed by atoms with Crippen LogP contribution in [0.4, 0.5) is 5.69 Å². The highest BCUT2D eigenvalue weighted by atomic mass is 16.5. The molecule has 0 saturated heterocycles. The van der Waals surface area contributed by atoms with Crippen molar-refractivity contribution >= 4 is 11.6 Å². The lowest BCUT2D eigenvalue weighted by Crippen LogP contribution is -2.13. The average molecular weight is 391 g/mol. The molecule has 0 fully saturated rings. The maximum Gasteiger partial charge on any atom is 0.255 e. The highest BCUT2D eigenvalue weighted by Crippen LogP contribution is 2.29. The number of rotatable bonds is 7. The third-order valence-corrected chi connectivity index (χ3v) is 4.47. The molecule has 0 saturated carbocycles. The molecule has 3 rings (SSSR count). The Kier molecular flexibility index (Phi) is 6.39. The summed E-state index contributed by atoms with van der Waals surface area (Å²) in [5, 5.41) is 2.96. The first kappa shape index (κ1) is 20.3. The lowest BCUT2D eigenvalue weighted by molar-refractivity contribution is 0.102. The van der Waals surface area contributed by atoms with Crippen molar-refractivity contribution in [3.63, 3.8) is 0 Å². The summed E-state index contributed by atoms with van der Waals surface area (Å²) in [7, 11) is 3.19. The Morgan fingerprint density at radius 2 is 1.48 bits per heavy atom. The van der Waals surface area contributed by atoms with Gasteiger partial charge in [0.1, 0.15) is 12.4 Å². The third-order valence-electron chi connectivity index (χ3n) is 4.47. The molecule has 0 aromatic heterocycles. The van der Waals surface area contributed by atoms with E-state index in [4.69, 9.17) is 14.2 Å². The van der Waals surface area contributed by atoms with Crippen LogP contribution < -0.4 is 19.5 Å². The van der Waals surface area contributed by atoms with Crippen molar-refractivity contribution < 1.29 is 19.0 Å². The predicted molar refractivity (Wildman–Crippen MR) is 114 cm³/mol. The van der Waals surface area contributed by atoms with Crippen molar-refractivity contribution in [3.8, 4) is 17.2 Å². The van der Waals surface area contributed by atoms with Crippen LogP contribution in [-0.2, 0) is 6.61 Å². The van der Waals surface area contributed by atoms with Crippen molar-refractivity contribution in [3.05, 3.63) is 82.9 Å². The number of nitrogens with one attached hydrogen (secondary N) is 1. The van der Waals surface area contributed by atoms with Crippen molar-refractivity contribution in [2.45, 2.75) is 20.5 Å². The van der Waals surface area contributed by atoms with Crippen LogP contribution >= 0.6 is 0 Å². The Morgan fingerprint density at radius 1 is 0.828 bits per heavy atom. The monoisotopic (exact) mass is 391 g/mol. The number of anilines is 1. The van der Waals surface area contributed by atoms with Gasteiger partial charge in [-0.05, 0) is 67.4 Å². The molecular formula is C24H25NO4. The van der Waals surface area contributed by atoms with E-state index in [1.54, 1.807) is 32.4 Å². The molecule has 29 heavy (non-hydrogen) atoms. The lowest BCUT2D eigenvalue weighted by Gasteiger charge is -2.14. The molecule has 0 heterocycles. The van der Waals surface area contributed by atoms with Gasteiger partial charge in [0.05, 0.1) is 14.2 Å². The molecule has 3 aromatic rings. The number of carbonyl (C=O) groups excluding carboxylic acids is 1. The number of methoxy groups -OCH3 is 2. The highest BCUT2D eigenvalue weighted by Gasteiger charge is 2.13. The molecule has 0 aliphatic heterocycles. The maximum atomic E-state index is 12.8. The van der Waals surface area contributed by atoms with Crippen molar-refractivity contribution in [2.24, 2.45) is 0 Å². The number of ether oxygens (including phenoxy) is 3. The lowest BCUT2D eigenvalue weighted by atomic mass is 10.1. The van der Waals surface area contributed by atoms with E-state index in [1.165, 1.54) is 0 Å². The minimum Gasteiger partial charge on any atom is -0.496 e. The molecule has 5 nitrogen and oxygen atoms in total. The van der Waals surface area contributed by atoms with Gasteiger partial charge < -0.3 is 19.5 Å². The second-order valence-corrected chi connectivity index (χ2v) is 6.80. The zero-order valence-electron chi connectivity index (χ0n) is 17.1. The predicted octanol–water partition coefficient (Wildman–Crippen LogP) is 5.15. The fraction of sp³-hybridized carbons (Fsp3) is 0.208. The number of benzene rings is 3. The van der Waals surface area contributed by atoms with E-state index in [0.29, 0.717) is 22.8 Å². The summed E-state index contributed by atoms with van der Waals surface area (Å²) >= 11 is 0. The zero-order valence-corrected chi connectivity index (χ0v) is 17.1. The van der Waals surface area contributed by atoms with E-state index in [1.807, 2.05) is 50.2 Å². The summed E-state index contributed by atoms with van der Waals surface area (Å²) in [4.78, 5) is 12.8. The van der Waals surface area contributed by atoms with Crippen molar-refractivity contribution in [1.29, 1.82) is 0 Å². The van der Waals surface area contributed by atoms with Crippen LogP contribution in [0.25, 0.3) is 0 Å². The summed E-state index contributed by atoms with van der Waals surface area (Å²) in [6.07, 6.45) is 0. The number of aryl methyl sites for hydroxylation is 2. The molecule has 1 amide bonds. The van der Waals surface area contributed by atoms with Gasteiger partial charge in [-0.3, -0.25) is 4.79 Å². The Labute approximate surface area is 171 Å². The van der Waals surface area contributed by atoms with Gasteiger partial charge in [-0.1, -0.05) is 18.2 Å². The maximum absolute atomic E-state index is 12.8. The number of amides is 1. The second-order valence-electron chi connectivity index (χ2n) is 6.80. The number of hydrogen-bond donors (Lipinski definition) is 1. The molecule has 0 spiro atoms. The Hall–Kier alpha value is -3.47. The van der Waals surface area contributed by atoms with Gasteiger partial charge in [0, 0.05) is 16.8 Å². The SMILES string of the molecule is COc1ccc(C(=O)Nc2cc(C)cc(C)c2)cc1COc1ccccc1OC. The molecule has 0 aliphatic carbocycles. The molecule has 0 aliphatic rings. The molecular weight excluding hydrogens is 366 g/mol. The standard InChI is InChI=1S/C24H25NO4/c1-16-11-17(2)13-20(12-16)25-24(26)18-9-10-21(27-3)19(14-18)15-29-23-8-6-5-7-22(23)28-4/h5-14H,15H2,1-4H3,(H,25,26). The van der Waals surface area contributed by atoms with Crippen LogP contribution in [0.2, 0.25) is 0 Å².